The molecule has 5 nitrogen and oxygen atoms in total. The van der Waals surface area contributed by atoms with E-state index >= 15 is 0 Å². The molecule has 26 heavy (non-hydrogen) atoms. The first-order valence-corrected chi connectivity index (χ1v) is 8.40. The van der Waals surface area contributed by atoms with Crippen molar-refractivity contribution in [3.05, 3.63) is 46.4 Å². The molecule has 9 heteroatoms. The van der Waals surface area contributed by atoms with E-state index < -0.39 is 22.7 Å². The molecule has 0 bridgehead atoms. The smallest absolute Gasteiger partial charge is 0.356 e. The number of anilines is 2. The second kappa shape index (κ2) is 7.11. The van der Waals surface area contributed by atoms with Gasteiger partial charge >= 0.3 is 6.18 Å². The van der Waals surface area contributed by atoms with Crippen molar-refractivity contribution in [3.63, 3.8) is 0 Å². The van der Waals surface area contributed by atoms with Crippen LogP contribution in [0.15, 0.2) is 24.3 Å². The van der Waals surface area contributed by atoms with Crippen molar-refractivity contribution < 1.29 is 18.0 Å². The molecule has 0 saturated carbocycles. The van der Waals surface area contributed by atoms with E-state index in [0.29, 0.717) is 11.6 Å². The lowest BCUT2D eigenvalue weighted by Gasteiger charge is -2.17. The van der Waals surface area contributed by atoms with Crippen LogP contribution < -0.4 is 10.2 Å². The zero-order valence-corrected chi connectivity index (χ0v) is 14.7. The van der Waals surface area contributed by atoms with E-state index in [4.69, 9.17) is 11.6 Å². The summed E-state index contributed by atoms with van der Waals surface area (Å²) >= 11 is 5.59. The highest BCUT2D eigenvalue weighted by Crippen LogP contribution is 2.36. The van der Waals surface area contributed by atoms with Gasteiger partial charge in [0.2, 0.25) is 0 Å². The lowest BCUT2D eigenvalue weighted by Crippen LogP contribution is -2.22. The highest BCUT2D eigenvalue weighted by Gasteiger charge is 2.33. The number of carbonyl (C=O) groups excluding carboxylic acids is 1. The van der Waals surface area contributed by atoms with Gasteiger partial charge in [0.25, 0.3) is 5.91 Å². The lowest BCUT2D eigenvalue weighted by molar-refractivity contribution is -0.137. The van der Waals surface area contributed by atoms with Gasteiger partial charge in [0, 0.05) is 24.8 Å². The molecule has 1 amide bonds. The number of alkyl halides is 3. The van der Waals surface area contributed by atoms with Gasteiger partial charge in [-0.2, -0.15) is 13.2 Å². The number of benzene rings is 1. The SMILES string of the molecule is Cc1nc(C(=O)Nc2ccc(Cl)c(C(F)(F)F)c2)cc(N2CCCC2)n1. The molecule has 1 fully saturated rings. The maximum atomic E-state index is 12.9. The van der Waals surface area contributed by atoms with E-state index in [2.05, 4.69) is 20.2 Å². The molecule has 2 aromatic rings. The summed E-state index contributed by atoms with van der Waals surface area (Å²) in [6.07, 6.45) is -2.50. The van der Waals surface area contributed by atoms with Gasteiger partial charge in [0.05, 0.1) is 10.6 Å². The molecule has 0 unspecified atom stereocenters. The Morgan fingerprint density at radius 2 is 1.88 bits per heavy atom. The normalized spacial score (nSPS) is 14.6. The van der Waals surface area contributed by atoms with Crippen LogP contribution in [0.4, 0.5) is 24.7 Å². The molecule has 1 aliphatic heterocycles. The molecule has 2 heterocycles. The summed E-state index contributed by atoms with van der Waals surface area (Å²) in [6, 6.07) is 4.76. The van der Waals surface area contributed by atoms with E-state index in [-0.39, 0.29) is 11.4 Å². The number of aromatic nitrogens is 2. The third-order valence-corrected chi connectivity index (χ3v) is 4.35. The summed E-state index contributed by atoms with van der Waals surface area (Å²) in [5.41, 5.74) is -0.915. The molecule has 0 atom stereocenters. The molecular formula is C17H16ClF3N4O. The van der Waals surface area contributed by atoms with E-state index in [9.17, 15) is 18.0 Å². The summed E-state index contributed by atoms with van der Waals surface area (Å²) in [4.78, 5) is 22.9. The van der Waals surface area contributed by atoms with Crippen LogP contribution in [-0.4, -0.2) is 29.0 Å². The topological polar surface area (TPSA) is 58.1 Å². The Labute approximate surface area is 153 Å². The third kappa shape index (κ3) is 4.07. The quantitative estimate of drug-likeness (QED) is 0.856. The summed E-state index contributed by atoms with van der Waals surface area (Å²) < 4.78 is 38.8. The van der Waals surface area contributed by atoms with Crippen LogP contribution in [0.1, 0.15) is 34.7 Å². The van der Waals surface area contributed by atoms with Crippen molar-refractivity contribution in [3.8, 4) is 0 Å². The number of carbonyl (C=O) groups is 1. The Bertz CT molecular complexity index is 835. The summed E-state index contributed by atoms with van der Waals surface area (Å²) in [5.74, 6) is 0.463. The molecule has 138 valence electrons. The second-order valence-electron chi connectivity index (χ2n) is 6.00. The van der Waals surface area contributed by atoms with Crippen LogP contribution in [0.5, 0.6) is 0 Å². The van der Waals surface area contributed by atoms with Crippen molar-refractivity contribution in [1.29, 1.82) is 0 Å². The molecule has 0 spiro atoms. The maximum Gasteiger partial charge on any atom is 0.417 e. The van der Waals surface area contributed by atoms with Gasteiger partial charge in [-0.3, -0.25) is 4.79 Å². The third-order valence-electron chi connectivity index (χ3n) is 4.02. The summed E-state index contributed by atoms with van der Waals surface area (Å²) in [7, 11) is 0. The first-order chi connectivity index (χ1) is 12.2. The minimum atomic E-state index is -4.60. The largest absolute Gasteiger partial charge is 0.417 e. The highest BCUT2D eigenvalue weighted by atomic mass is 35.5. The van der Waals surface area contributed by atoms with E-state index in [1.165, 1.54) is 6.07 Å². The average Bonchev–Trinajstić information content (AvgIpc) is 3.09. The lowest BCUT2D eigenvalue weighted by atomic mass is 10.2. The van der Waals surface area contributed by atoms with Crippen LogP contribution >= 0.6 is 11.6 Å². The first-order valence-electron chi connectivity index (χ1n) is 8.03. The highest BCUT2D eigenvalue weighted by molar-refractivity contribution is 6.31. The Morgan fingerprint density at radius 3 is 2.54 bits per heavy atom. The van der Waals surface area contributed by atoms with Gasteiger partial charge in [-0.25, -0.2) is 9.97 Å². The van der Waals surface area contributed by atoms with Gasteiger partial charge in [-0.1, -0.05) is 11.6 Å². The van der Waals surface area contributed by atoms with Crippen LogP contribution in [0.25, 0.3) is 0 Å². The standard InChI is InChI=1S/C17H16ClF3N4O/c1-10-22-14(9-15(23-10)25-6-2-3-7-25)16(26)24-11-4-5-13(18)12(8-11)17(19,20)21/h4-5,8-9H,2-3,6-7H2,1H3,(H,24,26). The van der Waals surface area contributed by atoms with Gasteiger partial charge in [0.1, 0.15) is 17.3 Å². The fourth-order valence-electron chi connectivity index (χ4n) is 2.79. The van der Waals surface area contributed by atoms with Crippen molar-refractivity contribution in [2.75, 3.05) is 23.3 Å². The van der Waals surface area contributed by atoms with E-state index in [1.54, 1.807) is 13.0 Å². The number of rotatable bonds is 3. The van der Waals surface area contributed by atoms with Crippen molar-refractivity contribution >= 4 is 29.0 Å². The monoisotopic (exact) mass is 384 g/mol. The number of halogens is 4. The second-order valence-corrected chi connectivity index (χ2v) is 6.41. The zero-order valence-electron chi connectivity index (χ0n) is 13.9. The Morgan fingerprint density at radius 1 is 1.19 bits per heavy atom. The van der Waals surface area contributed by atoms with Crippen LogP contribution in [0.2, 0.25) is 5.02 Å². The number of hydrogen-bond donors (Lipinski definition) is 1. The molecule has 1 aromatic carbocycles. The molecule has 3 rings (SSSR count). The fraction of sp³-hybridized carbons (Fsp3) is 0.353. The minimum Gasteiger partial charge on any atom is -0.356 e. The van der Waals surface area contributed by atoms with Crippen molar-refractivity contribution in [1.82, 2.24) is 9.97 Å². The summed E-state index contributed by atoms with van der Waals surface area (Å²) in [5, 5.41) is 2.01. The predicted molar refractivity (Wildman–Crippen MR) is 92.6 cm³/mol. The van der Waals surface area contributed by atoms with Gasteiger partial charge in [-0.15, -0.1) is 0 Å². The predicted octanol–water partition coefficient (Wildman–Crippen LogP) is 4.31. The number of amides is 1. The number of aryl methyl sites for hydroxylation is 1. The molecule has 1 aromatic heterocycles. The van der Waals surface area contributed by atoms with E-state index in [1.807, 2.05) is 0 Å². The molecule has 1 aliphatic rings. The minimum absolute atomic E-state index is 0.00860. The average molecular weight is 385 g/mol. The summed E-state index contributed by atoms with van der Waals surface area (Å²) in [6.45, 7) is 3.37. The molecule has 1 saturated heterocycles. The molecule has 0 radical (unpaired) electrons. The van der Waals surface area contributed by atoms with Crippen LogP contribution in [0, 0.1) is 6.92 Å². The van der Waals surface area contributed by atoms with Gasteiger partial charge in [-0.05, 0) is 38.0 Å². The zero-order chi connectivity index (χ0) is 18.9. The van der Waals surface area contributed by atoms with Gasteiger partial charge in [0.15, 0.2) is 0 Å². The maximum absolute atomic E-state index is 12.9. The first kappa shape index (κ1) is 18.4. The Kier molecular flexibility index (Phi) is 5.04. The Balaban J connectivity index is 1.84. The number of hydrogen-bond acceptors (Lipinski definition) is 4. The van der Waals surface area contributed by atoms with Crippen molar-refractivity contribution in [2.24, 2.45) is 0 Å². The molecule has 0 aliphatic carbocycles. The number of nitrogens with one attached hydrogen (secondary N) is 1. The van der Waals surface area contributed by atoms with E-state index in [0.717, 1.165) is 38.1 Å². The fourth-order valence-corrected chi connectivity index (χ4v) is 3.02. The Hall–Kier alpha value is -2.35. The van der Waals surface area contributed by atoms with Crippen molar-refractivity contribution in [2.45, 2.75) is 25.9 Å². The molecule has 1 N–H and O–H groups in total. The molecular weight excluding hydrogens is 369 g/mol. The number of nitrogens with zero attached hydrogens (tertiary/aromatic N) is 3. The van der Waals surface area contributed by atoms with Gasteiger partial charge < -0.3 is 10.2 Å². The van der Waals surface area contributed by atoms with Crippen LogP contribution in [-0.2, 0) is 6.18 Å². The van der Waals surface area contributed by atoms with Crippen LogP contribution in [0.3, 0.4) is 0 Å².